The van der Waals surface area contributed by atoms with Gasteiger partial charge in [0.25, 0.3) is 0 Å². The number of carbonyl (C=O) groups is 2. The molecule has 2 aliphatic heterocycles. The van der Waals surface area contributed by atoms with Crippen molar-refractivity contribution in [1.82, 2.24) is 14.9 Å². The van der Waals surface area contributed by atoms with E-state index in [4.69, 9.17) is 14.2 Å². The van der Waals surface area contributed by atoms with Crippen LogP contribution < -0.4 is 9.47 Å². The summed E-state index contributed by atoms with van der Waals surface area (Å²) in [7, 11) is 2.95. The van der Waals surface area contributed by atoms with E-state index in [0.717, 1.165) is 19.3 Å². The van der Waals surface area contributed by atoms with E-state index in [0.29, 0.717) is 25.0 Å². The Balaban J connectivity index is 1.16. The number of nitrogens with zero attached hydrogens (tertiary/aromatic N) is 3. The number of benzene rings is 2. The van der Waals surface area contributed by atoms with E-state index in [1.54, 1.807) is 0 Å². The predicted octanol–water partition coefficient (Wildman–Crippen LogP) is 5.26. The van der Waals surface area contributed by atoms with Gasteiger partial charge in [-0.25, -0.2) is 9.78 Å². The van der Waals surface area contributed by atoms with E-state index in [1.165, 1.54) is 42.7 Å². The van der Waals surface area contributed by atoms with E-state index >= 15 is 0 Å². The first kappa shape index (κ1) is 24.4. The summed E-state index contributed by atoms with van der Waals surface area (Å²) in [6.45, 7) is 0.297. The van der Waals surface area contributed by atoms with Gasteiger partial charge in [0, 0.05) is 30.1 Å². The molecule has 0 N–H and O–H groups in total. The van der Waals surface area contributed by atoms with Gasteiger partial charge in [0.1, 0.15) is 6.61 Å². The molecule has 38 heavy (non-hydrogen) atoms. The third-order valence-corrected chi connectivity index (χ3v) is 8.27. The zero-order valence-corrected chi connectivity index (χ0v) is 21.6. The number of methoxy groups -OCH3 is 2. The Labute approximate surface area is 222 Å². The maximum atomic E-state index is 13.5. The monoisotopic (exact) mass is 513 g/mol. The van der Waals surface area contributed by atoms with Crippen LogP contribution in [-0.4, -0.2) is 59.7 Å². The summed E-state index contributed by atoms with van der Waals surface area (Å²) >= 11 is 0. The van der Waals surface area contributed by atoms with Crippen molar-refractivity contribution in [3.63, 3.8) is 0 Å². The summed E-state index contributed by atoms with van der Waals surface area (Å²) in [4.78, 5) is 37.2. The molecule has 0 radical (unpaired) electrons. The number of Topliss-reactive ketones (excluding diaryl/α,β-unsaturated/α-hetero) is 1. The van der Waals surface area contributed by atoms with Crippen LogP contribution in [0.25, 0.3) is 11.1 Å². The van der Waals surface area contributed by atoms with Crippen molar-refractivity contribution in [3.8, 4) is 23.0 Å². The lowest BCUT2D eigenvalue weighted by Crippen LogP contribution is -2.56. The highest BCUT2D eigenvalue weighted by Gasteiger charge is 2.44. The summed E-state index contributed by atoms with van der Waals surface area (Å²) in [5.74, 6) is -0.0405. The number of hydrogen-bond donors (Lipinski definition) is 0. The van der Waals surface area contributed by atoms with Crippen molar-refractivity contribution in [2.24, 2.45) is 5.92 Å². The lowest BCUT2D eigenvalue weighted by atomic mass is 9.76. The number of hydrogen-bond acceptors (Lipinski definition) is 7. The van der Waals surface area contributed by atoms with Gasteiger partial charge in [0.2, 0.25) is 5.88 Å². The van der Waals surface area contributed by atoms with Crippen molar-refractivity contribution < 1.29 is 23.8 Å². The fourth-order valence-electron chi connectivity index (χ4n) is 6.56. The summed E-state index contributed by atoms with van der Waals surface area (Å²) in [5.41, 5.74) is 5.16. The summed E-state index contributed by atoms with van der Waals surface area (Å²) in [6.07, 6.45) is 5.14. The van der Waals surface area contributed by atoms with Crippen LogP contribution in [0.2, 0.25) is 0 Å². The van der Waals surface area contributed by atoms with Crippen LogP contribution in [0.5, 0.6) is 11.9 Å². The molecule has 8 heteroatoms. The zero-order chi connectivity index (χ0) is 26.2. The minimum Gasteiger partial charge on any atom is -0.480 e. The molecule has 3 aliphatic rings. The first-order valence-corrected chi connectivity index (χ1v) is 13.2. The number of aromatic nitrogens is 2. The molecule has 2 unspecified atom stereocenters. The number of ether oxygens (including phenoxy) is 3. The average Bonchev–Trinajstić information content (AvgIpc) is 3.28. The van der Waals surface area contributed by atoms with Gasteiger partial charge in [-0.2, -0.15) is 4.98 Å². The van der Waals surface area contributed by atoms with Gasteiger partial charge in [-0.3, -0.25) is 4.79 Å². The molecule has 2 fully saturated rings. The molecular weight excluding hydrogens is 482 g/mol. The second-order valence-electron chi connectivity index (χ2n) is 10.3. The van der Waals surface area contributed by atoms with Gasteiger partial charge >= 0.3 is 12.1 Å². The van der Waals surface area contributed by atoms with Gasteiger partial charge in [0.15, 0.2) is 5.78 Å². The minimum atomic E-state index is -0.280. The summed E-state index contributed by atoms with van der Waals surface area (Å²) in [5, 5.41) is 0. The molecule has 6 rings (SSSR count). The fourth-order valence-corrected chi connectivity index (χ4v) is 6.56. The first-order valence-electron chi connectivity index (χ1n) is 13.2. The Morgan fingerprint density at radius 2 is 1.55 bits per heavy atom. The van der Waals surface area contributed by atoms with Crippen molar-refractivity contribution in [3.05, 3.63) is 71.4 Å². The number of carbonyl (C=O) groups excluding carboxylic acids is 2. The number of fused-ring (bicyclic) bond motifs is 5. The summed E-state index contributed by atoms with van der Waals surface area (Å²) < 4.78 is 16.4. The SMILES string of the molecule is COc1ncc(C(=O)C2CC3CCCC(C2)N3C(=O)OCC2c3ccccc3-c3ccccc32)c(OC)n1. The molecule has 3 aromatic rings. The second kappa shape index (κ2) is 10.1. The van der Waals surface area contributed by atoms with Gasteiger partial charge in [-0.1, -0.05) is 48.5 Å². The Morgan fingerprint density at radius 3 is 2.16 bits per heavy atom. The molecule has 2 atom stereocenters. The Morgan fingerprint density at radius 1 is 0.921 bits per heavy atom. The largest absolute Gasteiger partial charge is 0.480 e. The molecule has 1 aliphatic carbocycles. The Hall–Kier alpha value is -3.94. The zero-order valence-electron chi connectivity index (χ0n) is 21.6. The summed E-state index contributed by atoms with van der Waals surface area (Å²) in [6, 6.07) is 16.8. The van der Waals surface area contributed by atoms with Crippen LogP contribution in [0, 0.1) is 5.92 Å². The van der Waals surface area contributed by atoms with Crippen molar-refractivity contribution in [2.45, 2.75) is 50.1 Å². The molecule has 1 aromatic heterocycles. The van der Waals surface area contributed by atoms with E-state index in [-0.39, 0.29) is 47.7 Å². The van der Waals surface area contributed by atoms with Crippen molar-refractivity contribution >= 4 is 11.9 Å². The third-order valence-electron chi connectivity index (χ3n) is 8.27. The molecular formula is C30H31N3O5. The number of piperidine rings is 2. The molecule has 0 saturated carbocycles. The molecule has 2 bridgehead atoms. The molecule has 196 valence electrons. The highest BCUT2D eigenvalue weighted by atomic mass is 16.6. The molecule has 8 nitrogen and oxygen atoms in total. The first-order chi connectivity index (χ1) is 18.6. The van der Waals surface area contributed by atoms with Gasteiger partial charge in [-0.15, -0.1) is 0 Å². The quantitative estimate of drug-likeness (QED) is 0.415. The van der Waals surface area contributed by atoms with Crippen LogP contribution in [-0.2, 0) is 4.74 Å². The van der Waals surface area contributed by atoms with Crippen LogP contribution in [0.4, 0.5) is 4.79 Å². The maximum absolute atomic E-state index is 13.5. The lowest BCUT2D eigenvalue weighted by Gasteiger charge is -2.47. The number of ketones is 1. The van der Waals surface area contributed by atoms with Gasteiger partial charge in [0.05, 0.1) is 19.8 Å². The third kappa shape index (κ3) is 4.18. The van der Waals surface area contributed by atoms with E-state index in [9.17, 15) is 9.59 Å². The van der Waals surface area contributed by atoms with E-state index in [1.807, 2.05) is 29.2 Å². The van der Waals surface area contributed by atoms with Crippen molar-refractivity contribution in [2.75, 3.05) is 20.8 Å². The Kier molecular flexibility index (Phi) is 6.47. The normalized spacial score (nSPS) is 21.8. The molecule has 2 aromatic carbocycles. The predicted molar refractivity (Wildman–Crippen MR) is 141 cm³/mol. The van der Waals surface area contributed by atoms with E-state index < -0.39 is 0 Å². The van der Waals surface area contributed by atoms with Gasteiger partial charge in [-0.05, 0) is 54.4 Å². The molecule has 3 heterocycles. The maximum Gasteiger partial charge on any atom is 0.410 e. The fraction of sp³-hybridized carbons (Fsp3) is 0.400. The van der Waals surface area contributed by atoms with Crippen LogP contribution in [0.1, 0.15) is 59.5 Å². The highest BCUT2D eigenvalue weighted by molar-refractivity contribution is 5.99. The standard InChI is InChI=1S/C30H31N3O5/c1-36-28-25(16-31-29(32-28)37-2)27(34)18-14-19-8-7-9-20(15-18)33(19)30(35)38-17-26-23-12-5-3-10-21(23)22-11-4-6-13-24(22)26/h3-6,10-13,16,18-20,26H,7-9,14-15,17H2,1-2H3. The van der Waals surface area contributed by atoms with E-state index in [2.05, 4.69) is 34.2 Å². The van der Waals surface area contributed by atoms with Gasteiger partial charge < -0.3 is 19.1 Å². The average molecular weight is 514 g/mol. The number of amides is 1. The van der Waals surface area contributed by atoms with Crippen LogP contribution >= 0.6 is 0 Å². The van der Waals surface area contributed by atoms with Crippen LogP contribution in [0.15, 0.2) is 54.7 Å². The topological polar surface area (TPSA) is 90.9 Å². The second-order valence-corrected chi connectivity index (χ2v) is 10.3. The molecule has 1 amide bonds. The highest BCUT2D eigenvalue weighted by Crippen LogP contribution is 2.45. The molecule has 0 spiro atoms. The smallest absolute Gasteiger partial charge is 0.410 e. The van der Waals surface area contributed by atoms with Crippen molar-refractivity contribution in [1.29, 1.82) is 0 Å². The molecule has 2 saturated heterocycles. The number of rotatable bonds is 6. The van der Waals surface area contributed by atoms with Crippen LogP contribution in [0.3, 0.4) is 0 Å². The Bertz CT molecular complexity index is 1320. The minimum absolute atomic E-state index is 0.0212. The lowest BCUT2D eigenvalue weighted by molar-refractivity contribution is 0.00642.